The number of nitrogens with one attached hydrogen (secondary N) is 2. The van der Waals surface area contributed by atoms with E-state index < -0.39 is 60.2 Å². The Morgan fingerprint density at radius 2 is 1.62 bits per heavy atom. The molecule has 0 aromatic carbocycles. The molecule has 192 valence electrons. The van der Waals surface area contributed by atoms with Gasteiger partial charge < -0.3 is 37.2 Å². The van der Waals surface area contributed by atoms with Gasteiger partial charge in [-0.05, 0) is 38.0 Å². The fraction of sp³-hybridized carbons (Fsp3) is 0.714. The third kappa shape index (κ3) is 9.33. The molecule has 0 aromatic rings. The molecule has 0 spiro atoms. The molecule has 8 N–H and O–H groups in total. The van der Waals surface area contributed by atoms with Crippen LogP contribution in [0.3, 0.4) is 0 Å². The molecule has 13 heteroatoms. The van der Waals surface area contributed by atoms with Crippen LogP contribution in [0.5, 0.6) is 0 Å². The number of nitrogens with two attached hydrogens (primary N) is 2. The Balaban J connectivity index is 2.94. The second-order valence-corrected chi connectivity index (χ2v) is 8.82. The molecular formula is C21H35N5O8. The molecule has 1 saturated heterocycles. The van der Waals surface area contributed by atoms with Gasteiger partial charge in [0.2, 0.25) is 23.6 Å². The Morgan fingerprint density at radius 3 is 2.15 bits per heavy atom. The third-order valence-electron chi connectivity index (χ3n) is 5.45. The van der Waals surface area contributed by atoms with E-state index in [1.165, 1.54) is 4.90 Å². The normalized spacial score (nSPS) is 18.1. The first-order chi connectivity index (χ1) is 15.8. The topological polar surface area (TPSA) is 222 Å². The number of carbonyl (C=O) groups is 6. The number of carbonyl (C=O) groups excluding carboxylic acids is 4. The van der Waals surface area contributed by atoms with E-state index in [-0.39, 0.29) is 31.1 Å². The first kappa shape index (κ1) is 28.8. The molecule has 0 saturated carbocycles. The van der Waals surface area contributed by atoms with Gasteiger partial charge in [0.25, 0.3) is 0 Å². The Hall–Kier alpha value is -3.22. The van der Waals surface area contributed by atoms with E-state index in [1.54, 1.807) is 0 Å². The van der Waals surface area contributed by atoms with Crippen LogP contribution in [-0.4, -0.2) is 81.4 Å². The Bertz CT molecular complexity index is 787. The van der Waals surface area contributed by atoms with Gasteiger partial charge in [-0.15, -0.1) is 0 Å². The van der Waals surface area contributed by atoms with Crippen LogP contribution in [0.2, 0.25) is 0 Å². The van der Waals surface area contributed by atoms with E-state index in [0.29, 0.717) is 25.8 Å². The summed E-state index contributed by atoms with van der Waals surface area (Å²) in [7, 11) is 0. The van der Waals surface area contributed by atoms with E-state index in [1.807, 2.05) is 13.8 Å². The smallest absolute Gasteiger partial charge is 0.326 e. The Kier molecular flexibility index (Phi) is 11.4. The molecule has 1 fully saturated rings. The fourth-order valence-corrected chi connectivity index (χ4v) is 3.75. The molecule has 0 radical (unpaired) electrons. The van der Waals surface area contributed by atoms with Gasteiger partial charge in [0, 0.05) is 19.4 Å². The van der Waals surface area contributed by atoms with Crippen molar-refractivity contribution in [3.05, 3.63) is 0 Å². The van der Waals surface area contributed by atoms with Crippen molar-refractivity contribution in [1.82, 2.24) is 15.5 Å². The minimum absolute atomic E-state index is 0.180. The van der Waals surface area contributed by atoms with Gasteiger partial charge in [0.1, 0.15) is 18.1 Å². The molecule has 4 amide bonds. The van der Waals surface area contributed by atoms with Crippen LogP contribution < -0.4 is 22.1 Å². The number of aliphatic carboxylic acids is 2. The van der Waals surface area contributed by atoms with Gasteiger partial charge in [-0.3, -0.25) is 24.0 Å². The van der Waals surface area contributed by atoms with E-state index >= 15 is 0 Å². The summed E-state index contributed by atoms with van der Waals surface area (Å²) < 4.78 is 0. The number of rotatable bonds is 14. The first-order valence-corrected chi connectivity index (χ1v) is 11.2. The molecule has 1 aliphatic heterocycles. The maximum atomic E-state index is 13.0. The predicted molar refractivity (Wildman–Crippen MR) is 119 cm³/mol. The van der Waals surface area contributed by atoms with Crippen molar-refractivity contribution in [2.75, 3.05) is 6.54 Å². The number of nitrogens with zero attached hydrogens (tertiary/aromatic N) is 1. The standard InChI is InChI=1S/C21H35N5O8/c1-11(2)10-12(22)20(32)26-9-3-4-15(26)19(31)24-13(5-7-16(23)27)18(30)25-14(21(33)34)6-8-17(28)29/h11-15H,3-10,22H2,1-2H3,(H2,23,27)(H,24,31)(H,25,30)(H,28,29)(H,33,34). The number of primary amides is 1. The summed E-state index contributed by atoms with van der Waals surface area (Å²) in [6.45, 7) is 4.17. The minimum Gasteiger partial charge on any atom is -0.481 e. The summed E-state index contributed by atoms with van der Waals surface area (Å²) in [5.74, 6) is -5.14. The lowest BCUT2D eigenvalue weighted by molar-refractivity contribution is -0.144. The molecule has 4 atom stereocenters. The number of likely N-dealkylation sites (tertiary alicyclic amines) is 1. The number of hydrogen-bond acceptors (Lipinski definition) is 7. The summed E-state index contributed by atoms with van der Waals surface area (Å²) in [6.07, 6.45) is 0.0275. The number of carboxylic acid groups (broad SMARTS) is 2. The van der Waals surface area contributed by atoms with Gasteiger partial charge in [-0.1, -0.05) is 13.8 Å². The number of amides is 4. The summed E-state index contributed by atoms with van der Waals surface area (Å²) in [5, 5.41) is 22.7. The van der Waals surface area contributed by atoms with Gasteiger partial charge in [0.05, 0.1) is 6.04 Å². The van der Waals surface area contributed by atoms with Crippen LogP contribution in [0.15, 0.2) is 0 Å². The number of hydrogen-bond donors (Lipinski definition) is 6. The average molecular weight is 486 g/mol. The monoisotopic (exact) mass is 485 g/mol. The van der Waals surface area contributed by atoms with Crippen molar-refractivity contribution >= 4 is 35.6 Å². The van der Waals surface area contributed by atoms with Crippen LogP contribution in [-0.2, 0) is 28.8 Å². The van der Waals surface area contributed by atoms with Crippen LogP contribution >= 0.6 is 0 Å². The van der Waals surface area contributed by atoms with Crippen LogP contribution in [0.25, 0.3) is 0 Å². The van der Waals surface area contributed by atoms with Crippen molar-refractivity contribution in [1.29, 1.82) is 0 Å². The predicted octanol–water partition coefficient (Wildman–Crippen LogP) is -1.46. The minimum atomic E-state index is -1.50. The Morgan fingerprint density at radius 1 is 1.00 bits per heavy atom. The number of carboxylic acids is 2. The van der Waals surface area contributed by atoms with E-state index in [4.69, 9.17) is 16.6 Å². The van der Waals surface area contributed by atoms with E-state index in [0.717, 1.165) is 0 Å². The van der Waals surface area contributed by atoms with Crippen molar-refractivity contribution in [3.63, 3.8) is 0 Å². The second kappa shape index (κ2) is 13.5. The third-order valence-corrected chi connectivity index (χ3v) is 5.45. The zero-order valence-corrected chi connectivity index (χ0v) is 19.5. The zero-order chi connectivity index (χ0) is 26.0. The molecular weight excluding hydrogens is 450 g/mol. The largest absolute Gasteiger partial charge is 0.481 e. The summed E-state index contributed by atoms with van der Waals surface area (Å²) >= 11 is 0. The lowest BCUT2D eigenvalue weighted by Gasteiger charge is -2.29. The van der Waals surface area contributed by atoms with Crippen LogP contribution in [0.1, 0.15) is 58.8 Å². The first-order valence-electron chi connectivity index (χ1n) is 11.2. The molecule has 1 rings (SSSR count). The van der Waals surface area contributed by atoms with Crippen LogP contribution in [0.4, 0.5) is 0 Å². The quantitative estimate of drug-likeness (QED) is 0.169. The summed E-state index contributed by atoms with van der Waals surface area (Å²) in [6, 6.07) is -4.45. The second-order valence-electron chi connectivity index (χ2n) is 8.82. The molecule has 0 bridgehead atoms. The van der Waals surface area contributed by atoms with Crippen molar-refractivity contribution in [3.8, 4) is 0 Å². The fourth-order valence-electron chi connectivity index (χ4n) is 3.75. The van der Waals surface area contributed by atoms with Gasteiger partial charge >= 0.3 is 11.9 Å². The molecule has 1 heterocycles. The van der Waals surface area contributed by atoms with Crippen LogP contribution in [0, 0.1) is 5.92 Å². The highest BCUT2D eigenvalue weighted by atomic mass is 16.4. The zero-order valence-electron chi connectivity index (χ0n) is 19.5. The highest BCUT2D eigenvalue weighted by Gasteiger charge is 2.38. The van der Waals surface area contributed by atoms with Gasteiger partial charge in [-0.2, -0.15) is 0 Å². The van der Waals surface area contributed by atoms with Crippen molar-refractivity contribution in [2.24, 2.45) is 17.4 Å². The van der Waals surface area contributed by atoms with E-state index in [2.05, 4.69) is 10.6 Å². The average Bonchev–Trinajstić information content (AvgIpc) is 3.22. The molecule has 1 aliphatic rings. The summed E-state index contributed by atoms with van der Waals surface area (Å²) in [4.78, 5) is 73.2. The SMILES string of the molecule is CC(C)CC(N)C(=O)N1CCCC1C(=O)NC(CCC(N)=O)C(=O)NC(CCC(=O)O)C(=O)O. The molecule has 13 nitrogen and oxygen atoms in total. The highest BCUT2D eigenvalue weighted by molar-refractivity contribution is 5.94. The molecule has 4 unspecified atom stereocenters. The maximum Gasteiger partial charge on any atom is 0.326 e. The van der Waals surface area contributed by atoms with Crippen molar-refractivity contribution in [2.45, 2.75) is 83.0 Å². The Labute approximate surface area is 197 Å². The highest BCUT2D eigenvalue weighted by Crippen LogP contribution is 2.20. The lowest BCUT2D eigenvalue weighted by Crippen LogP contribution is -2.56. The summed E-state index contributed by atoms with van der Waals surface area (Å²) in [5.41, 5.74) is 11.1. The molecule has 0 aliphatic carbocycles. The lowest BCUT2D eigenvalue weighted by atomic mass is 10.0. The van der Waals surface area contributed by atoms with Gasteiger partial charge in [-0.25, -0.2) is 4.79 Å². The molecule has 34 heavy (non-hydrogen) atoms. The molecule has 0 aromatic heterocycles. The van der Waals surface area contributed by atoms with E-state index in [9.17, 15) is 33.9 Å². The van der Waals surface area contributed by atoms with Crippen molar-refractivity contribution < 1.29 is 39.0 Å². The van der Waals surface area contributed by atoms with Gasteiger partial charge in [0.15, 0.2) is 0 Å². The maximum absolute atomic E-state index is 13.0.